The Kier molecular flexibility index (Phi) is 10.6. The van der Waals surface area contributed by atoms with E-state index < -0.39 is 6.04 Å². The third-order valence-corrected chi connectivity index (χ3v) is 7.10. The lowest BCUT2D eigenvalue weighted by Gasteiger charge is -2.32. The van der Waals surface area contributed by atoms with Gasteiger partial charge in [-0.2, -0.15) is 0 Å². The molecule has 0 radical (unpaired) electrons. The van der Waals surface area contributed by atoms with Gasteiger partial charge < -0.3 is 10.2 Å². The van der Waals surface area contributed by atoms with Gasteiger partial charge in [-0.05, 0) is 49.1 Å². The van der Waals surface area contributed by atoms with Crippen LogP contribution >= 0.6 is 11.8 Å². The second-order valence-corrected chi connectivity index (χ2v) is 10.1. The fraction of sp³-hybridized carbons (Fsp3) is 0.333. The number of hydrogen-bond donors (Lipinski definition) is 1. The summed E-state index contributed by atoms with van der Waals surface area (Å²) in [5.74, 6) is 0.305. The molecular formula is C30H35FN2O2S. The summed E-state index contributed by atoms with van der Waals surface area (Å²) >= 11 is 1.47. The highest BCUT2D eigenvalue weighted by atomic mass is 32.2. The van der Waals surface area contributed by atoms with Crippen LogP contribution in [0.5, 0.6) is 0 Å². The fourth-order valence-corrected chi connectivity index (χ4v) is 4.79. The minimum atomic E-state index is -0.638. The van der Waals surface area contributed by atoms with Crippen molar-refractivity contribution in [1.29, 1.82) is 0 Å². The summed E-state index contributed by atoms with van der Waals surface area (Å²) < 4.78 is 13.2. The molecule has 0 aromatic heterocycles. The number of carbonyl (C=O) groups excluding carboxylic acids is 2. The number of amides is 2. The molecule has 2 amide bonds. The SMILES string of the molecule is CC[C@@H](C)NC(=O)[C@@H](Cc1ccccc1)N(Cc1cccc(C)c1)C(=O)CSCc1ccc(F)cc1. The lowest BCUT2D eigenvalue weighted by atomic mass is 10.0. The number of thioether (sulfide) groups is 1. The summed E-state index contributed by atoms with van der Waals surface area (Å²) in [6.07, 6.45) is 1.24. The van der Waals surface area contributed by atoms with E-state index in [0.717, 1.165) is 28.7 Å². The minimum Gasteiger partial charge on any atom is -0.352 e. The molecule has 3 rings (SSSR count). The summed E-state index contributed by atoms with van der Waals surface area (Å²) in [5.41, 5.74) is 4.05. The Hall–Kier alpha value is -3.12. The van der Waals surface area contributed by atoms with Gasteiger partial charge in [0.15, 0.2) is 0 Å². The van der Waals surface area contributed by atoms with E-state index >= 15 is 0 Å². The van der Waals surface area contributed by atoms with Crippen LogP contribution in [0, 0.1) is 12.7 Å². The van der Waals surface area contributed by atoms with Crippen LogP contribution in [-0.4, -0.2) is 34.6 Å². The molecule has 0 bridgehead atoms. The molecule has 36 heavy (non-hydrogen) atoms. The average Bonchev–Trinajstić information content (AvgIpc) is 2.87. The molecule has 2 atom stereocenters. The number of halogens is 1. The predicted octanol–water partition coefficient (Wildman–Crippen LogP) is 5.92. The zero-order valence-corrected chi connectivity index (χ0v) is 22.1. The lowest BCUT2D eigenvalue weighted by Crippen LogP contribution is -2.52. The van der Waals surface area contributed by atoms with E-state index in [4.69, 9.17) is 0 Å². The molecule has 1 N–H and O–H groups in total. The van der Waals surface area contributed by atoms with Crippen molar-refractivity contribution in [3.8, 4) is 0 Å². The normalized spacial score (nSPS) is 12.6. The summed E-state index contributed by atoms with van der Waals surface area (Å²) in [4.78, 5) is 28.9. The predicted molar refractivity (Wildman–Crippen MR) is 146 cm³/mol. The molecule has 190 valence electrons. The number of hydrogen-bond acceptors (Lipinski definition) is 3. The zero-order valence-electron chi connectivity index (χ0n) is 21.2. The standard InChI is InChI=1S/C30H35FN2O2S/c1-4-23(3)32-30(35)28(18-24-10-6-5-7-11-24)33(19-26-12-8-9-22(2)17-26)29(34)21-36-20-25-13-15-27(31)16-14-25/h5-17,23,28H,4,18-21H2,1-3H3,(H,32,35)/t23-,28-/m1/s1. The number of nitrogens with zero attached hydrogens (tertiary/aromatic N) is 1. The van der Waals surface area contributed by atoms with Crippen molar-refractivity contribution < 1.29 is 14.0 Å². The van der Waals surface area contributed by atoms with E-state index in [9.17, 15) is 14.0 Å². The van der Waals surface area contributed by atoms with Gasteiger partial charge in [-0.25, -0.2) is 4.39 Å². The molecule has 3 aromatic rings. The Morgan fingerprint density at radius 1 is 0.944 bits per heavy atom. The molecule has 0 aliphatic rings. The second-order valence-electron chi connectivity index (χ2n) is 9.15. The van der Waals surface area contributed by atoms with Crippen LogP contribution in [0.2, 0.25) is 0 Å². The summed E-state index contributed by atoms with van der Waals surface area (Å²) in [5, 5.41) is 3.09. The van der Waals surface area contributed by atoms with Crippen LogP contribution in [-0.2, 0) is 28.3 Å². The van der Waals surface area contributed by atoms with Crippen molar-refractivity contribution in [3.63, 3.8) is 0 Å². The van der Waals surface area contributed by atoms with Crippen LogP contribution in [0.25, 0.3) is 0 Å². The van der Waals surface area contributed by atoms with Crippen LogP contribution < -0.4 is 5.32 Å². The molecule has 0 fully saturated rings. The highest BCUT2D eigenvalue weighted by Crippen LogP contribution is 2.19. The molecule has 0 spiro atoms. The van der Waals surface area contributed by atoms with Crippen molar-refractivity contribution in [1.82, 2.24) is 10.2 Å². The molecule has 0 aliphatic carbocycles. The minimum absolute atomic E-state index is 0.0135. The molecule has 0 saturated heterocycles. The molecule has 6 heteroatoms. The van der Waals surface area contributed by atoms with Crippen molar-refractivity contribution in [2.45, 2.75) is 58.0 Å². The smallest absolute Gasteiger partial charge is 0.243 e. The first-order valence-electron chi connectivity index (χ1n) is 12.4. The Morgan fingerprint density at radius 2 is 1.64 bits per heavy atom. The number of aryl methyl sites for hydroxylation is 1. The highest BCUT2D eigenvalue weighted by Gasteiger charge is 2.30. The third kappa shape index (κ3) is 8.52. The lowest BCUT2D eigenvalue weighted by molar-refractivity contribution is -0.139. The summed E-state index contributed by atoms with van der Waals surface area (Å²) in [7, 11) is 0. The van der Waals surface area contributed by atoms with Gasteiger partial charge in [0.1, 0.15) is 11.9 Å². The highest BCUT2D eigenvalue weighted by molar-refractivity contribution is 7.99. The van der Waals surface area contributed by atoms with Crippen molar-refractivity contribution in [2.75, 3.05) is 5.75 Å². The molecule has 0 heterocycles. The zero-order chi connectivity index (χ0) is 25.9. The van der Waals surface area contributed by atoms with Crippen molar-refractivity contribution >= 4 is 23.6 Å². The third-order valence-electron chi connectivity index (χ3n) is 6.12. The maximum Gasteiger partial charge on any atom is 0.243 e. The maximum absolute atomic E-state index is 13.6. The van der Waals surface area contributed by atoms with Gasteiger partial charge in [-0.15, -0.1) is 11.8 Å². The molecule has 0 unspecified atom stereocenters. The Bertz CT molecular complexity index is 1120. The molecule has 0 aliphatic heterocycles. The summed E-state index contributed by atoms with van der Waals surface area (Å²) in [6.45, 7) is 6.37. The average molecular weight is 507 g/mol. The van der Waals surface area contributed by atoms with Crippen LogP contribution in [0.15, 0.2) is 78.9 Å². The van der Waals surface area contributed by atoms with E-state index in [-0.39, 0.29) is 29.4 Å². The number of benzene rings is 3. The monoisotopic (exact) mass is 506 g/mol. The van der Waals surface area contributed by atoms with E-state index in [2.05, 4.69) is 11.4 Å². The first-order chi connectivity index (χ1) is 17.4. The Morgan fingerprint density at radius 3 is 2.31 bits per heavy atom. The number of nitrogens with one attached hydrogen (secondary N) is 1. The van der Waals surface area contributed by atoms with Gasteiger partial charge in [0.2, 0.25) is 11.8 Å². The Labute approximate surface area is 218 Å². The van der Waals surface area contributed by atoms with Crippen LogP contribution in [0.4, 0.5) is 4.39 Å². The van der Waals surface area contributed by atoms with Crippen LogP contribution in [0.3, 0.4) is 0 Å². The first-order valence-corrected chi connectivity index (χ1v) is 13.5. The van der Waals surface area contributed by atoms with Crippen LogP contribution in [0.1, 0.15) is 42.5 Å². The van der Waals surface area contributed by atoms with Gasteiger partial charge >= 0.3 is 0 Å². The van der Waals surface area contributed by atoms with Gasteiger partial charge in [0.05, 0.1) is 5.75 Å². The van der Waals surface area contributed by atoms with E-state index in [1.165, 1.54) is 23.9 Å². The largest absolute Gasteiger partial charge is 0.352 e. The molecule has 0 saturated carbocycles. The summed E-state index contributed by atoms with van der Waals surface area (Å²) in [6, 6.07) is 23.5. The van der Waals surface area contributed by atoms with Crippen molar-refractivity contribution in [3.05, 3.63) is 107 Å². The topological polar surface area (TPSA) is 49.4 Å². The van der Waals surface area contributed by atoms with E-state index in [0.29, 0.717) is 18.7 Å². The van der Waals surface area contributed by atoms with Gasteiger partial charge in [0, 0.05) is 24.8 Å². The Balaban J connectivity index is 1.85. The second kappa shape index (κ2) is 13.8. The van der Waals surface area contributed by atoms with E-state index in [1.54, 1.807) is 17.0 Å². The van der Waals surface area contributed by atoms with Gasteiger partial charge in [-0.1, -0.05) is 79.2 Å². The molecular weight excluding hydrogens is 471 g/mol. The van der Waals surface area contributed by atoms with Gasteiger partial charge in [-0.3, -0.25) is 9.59 Å². The maximum atomic E-state index is 13.6. The first kappa shape index (κ1) is 27.5. The molecule has 3 aromatic carbocycles. The fourth-order valence-electron chi connectivity index (χ4n) is 3.92. The van der Waals surface area contributed by atoms with Gasteiger partial charge in [0.25, 0.3) is 0 Å². The van der Waals surface area contributed by atoms with E-state index in [1.807, 2.05) is 69.3 Å². The number of rotatable bonds is 12. The van der Waals surface area contributed by atoms with Crippen molar-refractivity contribution in [2.24, 2.45) is 0 Å². The quantitative estimate of drug-likeness (QED) is 0.332. The molecule has 4 nitrogen and oxygen atoms in total. The number of carbonyl (C=O) groups is 2.